The van der Waals surface area contributed by atoms with E-state index in [1.165, 1.54) is 6.20 Å². The number of hydrogen-bond donors (Lipinski definition) is 1. The molecular formula is C16H22BrFN2O3. The Morgan fingerprint density at radius 3 is 2.78 bits per heavy atom. The summed E-state index contributed by atoms with van der Waals surface area (Å²) in [6.45, 7) is 7.78. The third-order valence-corrected chi connectivity index (χ3v) is 4.43. The molecular weight excluding hydrogens is 367 g/mol. The minimum atomic E-state index is -1.36. The highest BCUT2D eigenvalue weighted by molar-refractivity contribution is 9.10. The van der Waals surface area contributed by atoms with Gasteiger partial charge in [-0.05, 0) is 49.2 Å². The zero-order valence-electron chi connectivity index (χ0n) is 13.8. The number of nitrogens with zero attached hydrogens (tertiary/aromatic N) is 2. The molecule has 7 heteroatoms. The predicted molar refractivity (Wildman–Crippen MR) is 87.4 cm³/mol. The molecule has 1 fully saturated rings. The minimum Gasteiger partial charge on any atom is -0.444 e. The van der Waals surface area contributed by atoms with E-state index in [1.54, 1.807) is 38.7 Å². The third kappa shape index (κ3) is 4.01. The van der Waals surface area contributed by atoms with Crippen molar-refractivity contribution in [3.05, 3.63) is 28.2 Å². The number of halogens is 2. The Balaban J connectivity index is 2.17. The van der Waals surface area contributed by atoms with Crippen molar-refractivity contribution in [3.63, 3.8) is 0 Å². The van der Waals surface area contributed by atoms with Crippen molar-refractivity contribution < 1.29 is 19.0 Å². The van der Waals surface area contributed by atoms with Crippen molar-refractivity contribution >= 4 is 22.0 Å². The first-order valence-electron chi connectivity index (χ1n) is 7.55. The summed E-state index contributed by atoms with van der Waals surface area (Å²) >= 11 is 3.25. The third-order valence-electron chi connectivity index (χ3n) is 4.00. The smallest absolute Gasteiger partial charge is 0.410 e. The second-order valence-electron chi connectivity index (χ2n) is 6.99. The fourth-order valence-corrected chi connectivity index (χ4v) is 3.07. The highest BCUT2D eigenvalue weighted by Gasteiger charge is 2.44. The highest BCUT2D eigenvalue weighted by Crippen LogP contribution is 2.39. The van der Waals surface area contributed by atoms with Crippen LogP contribution in [0.1, 0.15) is 39.7 Å². The number of carbonyl (C=O) groups excluding carboxylic acids is 1. The number of carbonyl (C=O) groups is 1. The largest absolute Gasteiger partial charge is 0.444 e. The highest BCUT2D eigenvalue weighted by atomic mass is 79.9. The van der Waals surface area contributed by atoms with E-state index in [-0.39, 0.29) is 24.4 Å². The van der Waals surface area contributed by atoms with Crippen LogP contribution in [0.5, 0.6) is 0 Å². The van der Waals surface area contributed by atoms with Gasteiger partial charge in [-0.2, -0.15) is 4.39 Å². The number of likely N-dealkylation sites (tertiary alicyclic amines) is 1. The van der Waals surface area contributed by atoms with E-state index in [0.29, 0.717) is 11.0 Å². The molecule has 1 aliphatic rings. The maximum Gasteiger partial charge on any atom is 0.410 e. The molecule has 1 amide bonds. The van der Waals surface area contributed by atoms with Crippen molar-refractivity contribution in [3.8, 4) is 0 Å². The van der Waals surface area contributed by atoms with Crippen molar-refractivity contribution in [2.75, 3.05) is 13.1 Å². The normalized spacial score (nSPS) is 25.3. The summed E-state index contributed by atoms with van der Waals surface area (Å²) in [5.74, 6) is -1.04. The molecule has 1 aromatic heterocycles. The molecule has 0 saturated carbocycles. The molecule has 0 spiro atoms. The summed E-state index contributed by atoms with van der Waals surface area (Å²) in [6, 6.07) is 1.54. The van der Waals surface area contributed by atoms with E-state index >= 15 is 0 Å². The molecule has 1 aromatic rings. The molecule has 0 bridgehead atoms. The second-order valence-corrected chi connectivity index (χ2v) is 7.91. The van der Waals surface area contributed by atoms with Gasteiger partial charge in [-0.3, -0.25) is 0 Å². The molecule has 23 heavy (non-hydrogen) atoms. The van der Waals surface area contributed by atoms with Gasteiger partial charge in [-0.1, -0.05) is 6.92 Å². The predicted octanol–water partition coefficient (Wildman–Crippen LogP) is 3.45. The number of piperidine rings is 1. The molecule has 2 unspecified atom stereocenters. The number of amides is 1. The lowest BCUT2D eigenvalue weighted by molar-refractivity contribution is -0.0757. The molecule has 128 valence electrons. The van der Waals surface area contributed by atoms with Gasteiger partial charge in [0.05, 0.1) is 5.60 Å². The van der Waals surface area contributed by atoms with Crippen LogP contribution in [0, 0.1) is 11.9 Å². The summed E-state index contributed by atoms with van der Waals surface area (Å²) in [5.41, 5.74) is -1.78. The van der Waals surface area contributed by atoms with Crippen LogP contribution in [0.3, 0.4) is 0 Å². The topological polar surface area (TPSA) is 62.7 Å². The number of aliphatic hydroxyl groups is 1. The Labute approximate surface area is 144 Å². The first-order chi connectivity index (χ1) is 10.5. The van der Waals surface area contributed by atoms with Gasteiger partial charge in [0.25, 0.3) is 0 Å². The van der Waals surface area contributed by atoms with Crippen molar-refractivity contribution in [2.24, 2.45) is 5.92 Å². The van der Waals surface area contributed by atoms with Crippen molar-refractivity contribution in [1.29, 1.82) is 0 Å². The van der Waals surface area contributed by atoms with E-state index in [9.17, 15) is 14.3 Å². The maximum absolute atomic E-state index is 14.1. The molecule has 1 saturated heterocycles. The quantitative estimate of drug-likeness (QED) is 0.748. The molecule has 0 aliphatic carbocycles. The SMILES string of the molecule is CC1CN(C(=O)OC(C)(C)C)CCC1(O)c1cc(Br)cnc1F. The first kappa shape index (κ1) is 18.1. The Hall–Kier alpha value is -1.21. The number of pyridine rings is 1. The second kappa shape index (κ2) is 6.36. The summed E-state index contributed by atoms with van der Waals surface area (Å²) in [5, 5.41) is 11.0. The van der Waals surface area contributed by atoms with Gasteiger partial charge in [-0.15, -0.1) is 0 Å². The fraction of sp³-hybridized carbons (Fsp3) is 0.625. The number of aromatic nitrogens is 1. The lowest BCUT2D eigenvalue weighted by atomic mass is 9.77. The Morgan fingerprint density at radius 1 is 1.57 bits per heavy atom. The molecule has 1 N–H and O–H groups in total. The van der Waals surface area contributed by atoms with E-state index in [2.05, 4.69) is 20.9 Å². The van der Waals surface area contributed by atoms with Gasteiger partial charge in [0, 0.05) is 35.2 Å². The van der Waals surface area contributed by atoms with E-state index in [0.717, 1.165) is 0 Å². The molecule has 0 radical (unpaired) electrons. The Morgan fingerprint density at radius 2 is 2.22 bits per heavy atom. The molecule has 1 aliphatic heterocycles. The lowest BCUT2D eigenvalue weighted by Gasteiger charge is -2.43. The van der Waals surface area contributed by atoms with Crippen LogP contribution in [-0.2, 0) is 10.3 Å². The zero-order chi connectivity index (χ0) is 17.4. The fourth-order valence-electron chi connectivity index (χ4n) is 2.74. The number of ether oxygens (including phenoxy) is 1. The lowest BCUT2D eigenvalue weighted by Crippen LogP contribution is -2.52. The Bertz CT molecular complexity index is 605. The number of rotatable bonds is 1. The van der Waals surface area contributed by atoms with Crippen molar-refractivity contribution in [1.82, 2.24) is 9.88 Å². The molecule has 5 nitrogen and oxygen atoms in total. The molecule has 2 rings (SSSR count). The van der Waals surface area contributed by atoms with Gasteiger partial charge in [0.1, 0.15) is 5.60 Å². The van der Waals surface area contributed by atoms with E-state index in [1.807, 2.05) is 0 Å². The molecule has 2 atom stereocenters. The van der Waals surface area contributed by atoms with Crippen LogP contribution in [0.25, 0.3) is 0 Å². The van der Waals surface area contributed by atoms with Crippen LogP contribution >= 0.6 is 15.9 Å². The van der Waals surface area contributed by atoms with Crippen LogP contribution < -0.4 is 0 Å². The van der Waals surface area contributed by atoms with Crippen LogP contribution in [-0.4, -0.2) is 39.8 Å². The van der Waals surface area contributed by atoms with Gasteiger partial charge < -0.3 is 14.7 Å². The monoisotopic (exact) mass is 388 g/mol. The number of hydrogen-bond acceptors (Lipinski definition) is 4. The van der Waals surface area contributed by atoms with Crippen LogP contribution in [0.4, 0.5) is 9.18 Å². The Kier molecular flexibility index (Phi) is 5.01. The summed E-state index contributed by atoms with van der Waals surface area (Å²) in [7, 11) is 0. The zero-order valence-corrected chi connectivity index (χ0v) is 15.4. The summed E-state index contributed by atoms with van der Waals surface area (Å²) in [6.07, 6.45) is 1.16. The van der Waals surface area contributed by atoms with E-state index < -0.39 is 23.2 Å². The van der Waals surface area contributed by atoms with Gasteiger partial charge in [0.2, 0.25) is 5.95 Å². The summed E-state index contributed by atoms with van der Waals surface area (Å²) < 4.78 is 20.0. The van der Waals surface area contributed by atoms with Crippen molar-refractivity contribution in [2.45, 2.75) is 45.3 Å². The maximum atomic E-state index is 14.1. The standard InChI is InChI=1S/C16H22BrFN2O3/c1-10-9-20(14(21)23-15(2,3)4)6-5-16(10,22)12-7-11(17)8-19-13(12)18/h7-8,10,22H,5-6,9H2,1-4H3. The molecule has 0 aromatic carbocycles. The molecule has 2 heterocycles. The average Bonchev–Trinajstić information content (AvgIpc) is 2.42. The van der Waals surface area contributed by atoms with E-state index in [4.69, 9.17) is 4.74 Å². The average molecular weight is 389 g/mol. The summed E-state index contributed by atoms with van der Waals surface area (Å²) in [4.78, 5) is 17.4. The minimum absolute atomic E-state index is 0.156. The van der Waals surface area contributed by atoms with Crippen LogP contribution in [0.2, 0.25) is 0 Å². The van der Waals surface area contributed by atoms with Gasteiger partial charge >= 0.3 is 6.09 Å². The van der Waals surface area contributed by atoms with Gasteiger partial charge in [-0.25, -0.2) is 9.78 Å². The van der Waals surface area contributed by atoms with Gasteiger partial charge in [0.15, 0.2) is 0 Å². The first-order valence-corrected chi connectivity index (χ1v) is 8.34. The van der Waals surface area contributed by atoms with Crippen LogP contribution in [0.15, 0.2) is 16.7 Å².